The summed E-state index contributed by atoms with van der Waals surface area (Å²) in [6, 6.07) is 10.7. The highest BCUT2D eigenvalue weighted by Gasteiger charge is 2.64. The Morgan fingerprint density at radius 2 is 1.85 bits per heavy atom. The minimum Gasteiger partial charge on any atom is -0.481 e. The van der Waals surface area contributed by atoms with Gasteiger partial charge in [0.1, 0.15) is 0 Å². The molecule has 0 aliphatic heterocycles. The van der Waals surface area contributed by atoms with Crippen molar-refractivity contribution in [3.05, 3.63) is 35.9 Å². The first-order valence-electron chi connectivity index (χ1n) is 7.75. The largest absolute Gasteiger partial charge is 0.481 e. The first-order chi connectivity index (χ1) is 9.46. The molecule has 0 spiro atoms. The topological polar surface area (TPSA) is 37.3 Å². The third kappa shape index (κ3) is 1.54. The van der Waals surface area contributed by atoms with E-state index in [0.717, 1.165) is 19.3 Å². The molecule has 0 amide bonds. The number of hydrogen-bond acceptors (Lipinski definition) is 1. The van der Waals surface area contributed by atoms with Crippen LogP contribution in [0, 0.1) is 16.7 Å². The molecule has 1 aromatic rings. The maximum Gasteiger partial charge on any atom is 0.309 e. The predicted molar refractivity (Wildman–Crippen MR) is 77.5 cm³/mol. The first-order valence-corrected chi connectivity index (χ1v) is 7.75. The molecule has 2 nitrogen and oxygen atoms in total. The fourth-order valence-electron chi connectivity index (χ4n) is 6.27. The molecule has 4 aliphatic carbocycles. The summed E-state index contributed by atoms with van der Waals surface area (Å²) in [6.07, 6.45) is 6.26. The summed E-state index contributed by atoms with van der Waals surface area (Å²) >= 11 is 0. The van der Waals surface area contributed by atoms with E-state index in [2.05, 4.69) is 37.3 Å². The number of benzene rings is 1. The van der Waals surface area contributed by atoms with E-state index in [9.17, 15) is 9.90 Å². The van der Waals surface area contributed by atoms with E-state index in [1.165, 1.54) is 24.8 Å². The molecule has 5 rings (SSSR count). The van der Waals surface area contributed by atoms with Crippen LogP contribution < -0.4 is 0 Å². The third-order valence-corrected chi connectivity index (χ3v) is 6.19. The molecule has 4 aliphatic rings. The molecule has 4 atom stereocenters. The van der Waals surface area contributed by atoms with Gasteiger partial charge in [0.15, 0.2) is 0 Å². The lowest BCUT2D eigenvalue weighted by Gasteiger charge is -2.64. The monoisotopic (exact) mass is 270 g/mol. The molecule has 1 N–H and O–H groups in total. The molecule has 0 saturated heterocycles. The summed E-state index contributed by atoms with van der Waals surface area (Å²) in [5.74, 6) is 0.0562. The number of carbonyl (C=O) groups is 1. The van der Waals surface area contributed by atoms with Crippen LogP contribution >= 0.6 is 0 Å². The molecule has 0 heterocycles. The molecule has 1 aromatic carbocycles. The van der Waals surface area contributed by atoms with Crippen LogP contribution in [0.1, 0.15) is 51.0 Å². The highest BCUT2D eigenvalue weighted by atomic mass is 16.4. The Morgan fingerprint density at radius 1 is 1.10 bits per heavy atom. The third-order valence-electron chi connectivity index (χ3n) is 6.19. The minimum atomic E-state index is -0.548. The summed E-state index contributed by atoms with van der Waals surface area (Å²) < 4.78 is 0. The van der Waals surface area contributed by atoms with Gasteiger partial charge in [-0.05, 0) is 60.8 Å². The maximum absolute atomic E-state index is 12.0. The molecular formula is C18H22O2. The Balaban J connectivity index is 1.85. The highest BCUT2D eigenvalue weighted by Crippen LogP contribution is 2.69. The lowest BCUT2D eigenvalue weighted by atomic mass is 9.39. The lowest BCUT2D eigenvalue weighted by molar-refractivity contribution is -0.176. The summed E-state index contributed by atoms with van der Waals surface area (Å²) in [5.41, 5.74) is 1.27. The molecule has 4 bridgehead atoms. The van der Waals surface area contributed by atoms with Crippen LogP contribution in [0.3, 0.4) is 0 Å². The highest BCUT2D eigenvalue weighted by molar-refractivity contribution is 5.76. The average molecular weight is 270 g/mol. The molecule has 0 aromatic heterocycles. The summed E-state index contributed by atoms with van der Waals surface area (Å²) in [6.45, 7) is 2.33. The van der Waals surface area contributed by atoms with Gasteiger partial charge in [-0.3, -0.25) is 4.79 Å². The van der Waals surface area contributed by atoms with Crippen molar-refractivity contribution in [3.63, 3.8) is 0 Å². The summed E-state index contributed by atoms with van der Waals surface area (Å²) in [4.78, 5) is 12.0. The van der Waals surface area contributed by atoms with Gasteiger partial charge in [0.05, 0.1) is 5.41 Å². The number of carboxylic acid groups (broad SMARTS) is 1. The van der Waals surface area contributed by atoms with Gasteiger partial charge in [-0.2, -0.15) is 0 Å². The van der Waals surface area contributed by atoms with Crippen molar-refractivity contribution in [3.8, 4) is 0 Å². The molecular weight excluding hydrogens is 248 g/mol. The van der Waals surface area contributed by atoms with Crippen LogP contribution in [0.2, 0.25) is 0 Å². The van der Waals surface area contributed by atoms with E-state index >= 15 is 0 Å². The fraction of sp³-hybridized carbons (Fsp3) is 0.611. The fourth-order valence-corrected chi connectivity index (χ4v) is 6.27. The zero-order chi connectivity index (χ0) is 14.0. The first kappa shape index (κ1) is 12.4. The van der Waals surface area contributed by atoms with Crippen molar-refractivity contribution in [2.24, 2.45) is 16.7 Å². The SMILES string of the molecule is CC12C[C@@H]3CC(C(=O)O)(C1)CC(c1ccccc1)(C3)C2. The number of rotatable bonds is 2. The summed E-state index contributed by atoms with van der Waals surface area (Å²) in [7, 11) is 0. The second kappa shape index (κ2) is 3.66. The van der Waals surface area contributed by atoms with Crippen molar-refractivity contribution in [1.82, 2.24) is 0 Å². The minimum absolute atomic E-state index is 0.119. The quantitative estimate of drug-likeness (QED) is 0.882. The molecule has 3 unspecified atom stereocenters. The van der Waals surface area contributed by atoms with Gasteiger partial charge in [-0.25, -0.2) is 0 Å². The van der Waals surface area contributed by atoms with Crippen LogP contribution in [-0.2, 0) is 10.2 Å². The van der Waals surface area contributed by atoms with Gasteiger partial charge in [0, 0.05) is 0 Å². The van der Waals surface area contributed by atoms with Gasteiger partial charge in [-0.1, -0.05) is 37.3 Å². The Bertz CT molecular complexity index is 566. The number of aliphatic carboxylic acids is 1. The van der Waals surface area contributed by atoms with Crippen LogP contribution in [-0.4, -0.2) is 11.1 Å². The van der Waals surface area contributed by atoms with Crippen molar-refractivity contribution in [2.45, 2.75) is 50.9 Å². The van der Waals surface area contributed by atoms with Crippen molar-refractivity contribution < 1.29 is 9.90 Å². The van der Waals surface area contributed by atoms with E-state index in [-0.39, 0.29) is 10.8 Å². The Morgan fingerprint density at radius 3 is 2.50 bits per heavy atom. The predicted octanol–water partition coefficient (Wildman–Crippen LogP) is 4.00. The standard InChI is InChI=1S/C18H22O2/c1-16-7-13-8-17(10-16,14-5-3-2-4-6-14)12-18(9-13,11-16)15(19)20/h2-6,13H,7-12H2,1H3,(H,19,20)/t13-,16?,17?,18?/m0/s1. The van der Waals surface area contributed by atoms with Crippen molar-refractivity contribution >= 4 is 5.97 Å². The molecule has 106 valence electrons. The lowest BCUT2D eigenvalue weighted by Crippen LogP contribution is -2.60. The van der Waals surface area contributed by atoms with Crippen molar-refractivity contribution in [1.29, 1.82) is 0 Å². The van der Waals surface area contributed by atoms with E-state index < -0.39 is 11.4 Å². The average Bonchev–Trinajstić information content (AvgIpc) is 2.37. The second-order valence-electron chi connectivity index (χ2n) is 8.05. The Hall–Kier alpha value is -1.31. The van der Waals surface area contributed by atoms with Crippen LogP contribution in [0.4, 0.5) is 0 Å². The number of hydrogen-bond donors (Lipinski definition) is 1. The van der Waals surface area contributed by atoms with E-state index in [1.807, 2.05) is 0 Å². The number of carboxylic acids is 1. The molecule has 0 radical (unpaired) electrons. The van der Waals surface area contributed by atoms with Crippen LogP contribution in [0.15, 0.2) is 30.3 Å². The van der Waals surface area contributed by atoms with Gasteiger partial charge in [0.2, 0.25) is 0 Å². The van der Waals surface area contributed by atoms with Crippen LogP contribution in [0.5, 0.6) is 0 Å². The Kier molecular flexibility index (Phi) is 2.28. The van der Waals surface area contributed by atoms with E-state index in [4.69, 9.17) is 0 Å². The summed E-state index contributed by atoms with van der Waals surface area (Å²) in [5, 5.41) is 9.85. The zero-order valence-electron chi connectivity index (χ0n) is 12.1. The van der Waals surface area contributed by atoms with Gasteiger partial charge in [-0.15, -0.1) is 0 Å². The van der Waals surface area contributed by atoms with Crippen LogP contribution in [0.25, 0.3) is 0 Å². The van der Waals surface area contributed by atoms with Crippen molar-refractivity contribution in [2.75, 3.05) is 0 Å². The van der Waals surface area contributed by atoms with E-state index in [1.54, 1.807) is 0 Å². The van der Waals surface area contributed by atoms with E-state index in [0.29, 0.717) is 5.92 Å². The molecule has 4 saturated carbocycles. The Labute approximate surface area is 120 Å². The maximum atomic E-state index is 12.0. The van der Waals surface area contributed by atoms with Gasteiger partial charge >= 0.3 is 5.97 Å². The molecule has 2 heteroatoms. The van der Waals surface area contributed by atoms with Gasteiger partial charge < -0.3 is 5.11 Å². The molecule has 20 heavy (non-hydrogen) atoms. The van der Waals surface area contributed by atoms with Gasteiger partial charge in [0.25, 0.3) is 0 Å². The normalized spacial score (nSPS) is 45.5. The smallest absolute Gasteiger partial charge is 0.309 e. The second-order valence-corrected chi connectivity index (χ2v) is 8.05. The zero-order valence-corrected chi connectivity index (χ0v) is 12.1. The molecule has 4 fully saturated rings.